The highest BCUT2D eigenvalue weighted by molar-refractivity contribution is 5.81. The Balaban J connectivity index is 1.65. The van der Waals surface area contributed by atoms with Gasteiger partial charge in [-0.05, 0) is 53.3 Å². The third kappa shape index (κ3) is 6.14. The summed E-state index contributed by atoms with van der Waals surface area (Å²) in [7, 11) is 0. The molecular formula is C27H25FO4. The van der Waals surface area contributed by atoms with Crippen LogP contribution in [0.3, 0.4) is 0 Å². The molecule has 0 saturated heterocycles. The summed E-state index contributed by atoms with van der Waals surface area (Å²) in [4.78, 5) is 22.4. The standard InChI is InChI=1S/C27H25FO4/c1-3-26(29)31-17-5-6-19-7-9-20(10-8-19)22-13-16-24(25(28)18-22)21-11-14-23(15-12-21)32-27(30)4-2/h3,7-16,18H,1,4-6,17H2,2H3. The highest BCUT2D eigenvalue weighted by atomic mass is 19.1. The van der Waals surface area contributed by atoms with Crippen molar-refractivity contribution in [1.82, 2.24) is 0 Å². The molecule has 5 heteroatoms. The summed E-state index contributed by atoms with van der Waals surface area (Å²) in [5, 5.41) is 0. The Kier molecular flexibility index (Phi) is 7.92. The average Bonchev–Trinajstić information content (AvgIpc) is 2.82. The van der Waals surface area contributed by atoms with Gasteiger partial charge in [0.2, 0.25) is 0 Å². The van der Waals surface area contributed by atoms with Crippen LogP contribution in [-0.2, 0) is 20.7 Å². The van der Waals surface area contributed by atoms with Gasteiger partial charge in [-0.3, -0.25) is 4.79 Å². The zero-order chi connectivity index (χ0) is 22.9. The topological polar surface area (TPSA) is 52.6 Å². The van der Waals surface area contributed by atoms with Crippen LogP contribution < -0.4 is 4.74 Å². The minimum absolute atomic E-state index is 0.296. The van der Waals surface area contributed by atoms with Crippen molar-refractivity contribution in [3.8, 4) is 28.0 Å². The molecule has 3 aromatic carbocycles. The lowest BCUT2D eigenvalue weighted by Crippen LogP contribution is -2.05. The van der Waals surface area contributed by atoms with Crippen LogP contribution in [0.1, 0.15) is 25.3 Å². The van der Waals surface area contributed by atoms with Crippen LogP contribution in [0.2, 0.25) is 0 Å². The lowest BCUT2D eigenvalue weighted by Gasteiger charge is -2.09. The zero-order valence-electron chi connectivity index (χ0n) is 18.0. The molecular weight excluding hydrogens is 407 g/mol. The molecule has 0 radical (unpaired) electrons. The number of carbonyl (C=O) groups excluding carboxylic acids is 2. The van der Waals surface area contributed by atoms with Gasteiger partial charge in [0, 0.05) is 18.1 Å². The number of esters is 2. The summed E-state index contributed by atoms with van der Waals surface area (Å²) >= 11 is 0. The normalized spacial score (nSPS) is 10.4. The van der Waals surface area contributed by atoms with E-state index in [-0.39, 0.29) is 11.8 Å². The summed E-state index contributed by atoms with van der Waals surface area (Å²) in [5.74, 6) is -0.609. The van der Waals surface area contributed by atoms with Crippen molar-refractivity contribution in [2.75, 3.05) is 6.61 Å². The van der Waals surface area contributed by atoms with Gasteiger partial charge in [0.25, 0.3) is 0 Å². The predicted molar refractivity (Wildman–Crippen MR) is 123 cm³/mol. The predicted octanol–water partition coefficient (Wildman–Crippen LogP) is 6.14. The first-order valence-corrected chi connectivity index (χ1v) is 10.5. The van der Waals surface area contributed by atoms with Crippen LogP contribution in [0.25, 0.3) is 22.3 Å². The Morgan fingerprint density at radius 1 is 0.938 bits per heavy atom. The zero-order valence-corrected chi connectivity index (χ0v) is 18.0. The third-order valence-electron chi connectivity index (χ3n) is 4.96. The Hall–Kier alpha value is -3.73. The fraction of sp³-hybridized carbons (Fsp3) is 0.185. The van der Waals surface area contributed by atoms with Gasteiger partial charge >= 0.3 is 11.9 Å². The molecule has 0 aromatic heterocycles. The molecule has 3 aromatic rings. The van der Waals surface area contributed by atoms with Gasteiger partial charge in [0.05, 0.1) is 6.61 Å². The SMILES string of the molecule is C=CC(=O)OCCCc1ccc(-c2ccc(-c3ccc(OC(=O)CC)cc3)c(F)c2)cc1. The summed E-state index contributed by atoms with van der Waals surface area (Å²) in [5.41, 5.74) is 4.00. The van der Waals surface area contributed by atoms with Gasteiger partial charge in [0.1, 0.15) is 11.6 Å². The first-order chi connectivity index (χ1) is 15.5. The fourth-order valence-corrected chi connectivity index (χ4v) is 3.21. The van der Waals surface area contributed by atoms with Crippen LogP contribution in [-0.4, -0.2) is 18.5 Å². The molecule has 0 bridgehead atoms. The van der Waals surface area contributed by atoms with Crippen molar-refractivity contribution in [2.45, 2.75) is 26.2 Å². The van der Waals surface area contributed by atoms with Crippen LogP contribution in [0, 0.1) is 5.82 Å². The molecule has 4 nitrogen and oxygen atoms in total. The molecule has 0 N–H and O–H groups in total. The number of benzene rings is 3. The second-order valence-electron chi connectivity index (χ2n) is 7.22. The highest BCUT2D eigenvalue weighted by Crippen LogP contribution is 2.29. The molecule has 0 unspecified atom stereocenters. The fourth-order valence-electron chi connectivity index (χ4n) is 3.21. The molecule has 0 amide bonds. The third-order valence-corrected chi connectivity index (χ3v) is 4.96. The second kappa shape index (κ2) is 11.0. The number of aryl methyl sites for hydroxylation is 1. The number of hydrogen-bond acceptors (Lipinski definition) is 4. The van der Waals surface area contributed by atoms with Crippen molar-refractivity contribution in [1.29, 1.82) is 0 Å². The van der Waals surface area contributed by atoms with Crippen LogP contribution in [0.4, 0.5) is 4.39 Å². The number of carbonyl (C=O) groups is 2. The van der Waals surface area contributed by atoms with Gasteiger partial charge in [-0.1, -0.05) is 62.0 Å². The van der Waals surface area contributed by atoms with Gasteiger partial charge in [0.15, 0.2) is 0 Å². The molecule has 0 fully saturated rings. The lowest BCUT2D eigenvalue weighted by molar-refractivity contribution is -0.138. The van der Waals surface area contributed by atoms with E-state index >= 15 is 0 Å². The minimum atomic E-state index is -0.415. The first-order valence-electron chi connectivity index (χ1n) is 10.5. The molecule has 0 saturated carbocycles. The van der Waals surface area contributed by atoms with E-state index in [9.17, 15) is 14.0 Å². The summed E-state index contributed by atoms with van der Waals surface area (Å²) in [6.45, 7) is 5.44. The Bertz CT molecular complexity index is 1090. The molecule has 0 aliphatic rings. The molecule has 32 heavy (non-hydrogen) atoms. The monoisotopic (exact) mass is 432 g/mol. The van der Waals surface area contributed by atoms with E-state index in [4.69, 9.17) is 9.47 Å². The van der Waals surface area contributed by atoms with Gasteiger partial charge in [-0.15, -0.1) is 0 Å². The van der Waals surface area contributed by atoms with E-state index in [0.717, 1.165) is 35.6 Å². The summed E-state index contributed by atoms with van der Waals surface area (Å²) < 4.78 is 25.0. The molecule has 0 heterocycles. The first kappa shape index (κ1) is 22.9. The number of rotatable bonds is 9. The molecule has 0 atom stereocenters. The minimum Gasteiger partial charge on any atom is -0.463 e. The van der Waals surface area contributed by atoms with Gasteiger partial charge < -0.3 is 9.47 Å². The quantitative estimate of drug-likeness (QED) is 0.176. The maximum atomic E-state index is 14.8. The number of hydrogen-bond donors (Lipinski definition) is 0. The number of halogens is 1. The van der Waals surface area contributed by atoms with Crippen molar-refractivity contribution in [3.05, 3.63) is 90.8 Å². The number of ether oxygens (including phenoxy) is 2. The van der Waals surface area contributed by atoms with Crippen molar-refractivity contribution >= 4 is 11.9 Å². The largest absolute Gasteiger partial charge is 0.463 e. The van der Waals surface area contributed by atoms with Crippen LogP contribution >= 0.6 is 0 Å². The lowest BCUT2D eigenvalue weighted by atomic mass is 9.98. The highest BCUT2D eigenvalue weighted by Gasteiger charge is 2.09. The van der Waals surface area contributed by atoms with Crippen molar-refractivity contribution in [3.63, 3.8) is 0 Å². The van der Waals surface area contributed by atoms with E-state index in [1.165, 1.54) is 6.07 Å². The smallest absolute Gasteiger partial charge is 0.330 e. The second-order valence-corrected chi connectivity index (χ2v) is 7.22. The molecule has 0 aliphatic heterocycles. The maximum Gasteiger partial charge on any atom is 0.330 e. The van der Waals surface area contributed by atoms with Crippen LogP contribution in [0.5, 0.6) is 5.75 Å². The Morgan fingerprint density at radius 3 is 2.22 bits per heavy atom. The van der Waals surface area contributed by atoms with E-state index in [2.05, 4.69) is 6.58 Å². The summed E-state index contributed by atoms with van der Waals surface area (Å²) in [6, 6.07) is 19.8. The van der Waals surface area contributed by atoms with E-state index in [1.54, 1.807) is 37.3 Å². The Labute approximate surface area is 187 Å². The van der Waals surface area contributed by atoms with Gasteiger partial charge in [-0.25, -0.2) is 9.18 Å². The van der Waals surface area contributed by atoms with Crippen LogP contribution in [0.15, 0.2) is 79.4 Å². The maximum absolute atomic E-state index is 14.8. The van der Waals surface area contributed by atoms with Gasteiger partial charge in [-0.2, -0.15) is 0 Å². The molecule has 0 spiro atoms. The molecule has 0 aliphatic carbocycles. The van der Waals surface area contributed by atoms with E-state index in [1.807, 2.05) is 30.3 Å². The van der Waals surface area contributed by atoms with Crippen molar-refractivity contribution < 1.29 is 23.5 Å². The summed E-state index contributed by atoms with van der Waals surface area (Å²) in [6.07, 6.45) is 2.95. The molecule has 164 valence electrons. The van der Waals surface area contributed by atoms with E-state index in [0.29, 0.717) is 29.9 Å². The average molecular weight is 432 g/mol. The molecule has 3 rings (SSSR count). The van der Waals surface area contributed by atoms with Crippen molar-refractivity contribution in [2.24, 2.45) is 0 Å². The Morgan fingerprint density at radius 2 is 1.59 bits per heavy atom. The van der Waals surface area contributed by atoms with E-state index < -0.39 is 5.97 Å².